The molecule has 0 bridgehead atoms. The second-order valence-electron chi connectivity index (χ2n) is 4.45. The first kappa shape index (κ1) is 14.6. The Kier molecular flexibility index (Phi) is 4.81. The van der Waals surface area contributed by atoms with Crippen LogP contribution in [0.4, 0.5) is 4.39 Å². The highest BCUT2D eigenvalue weighted by Gasteiger charge is 2.15. The Hall–Kier alpha value is -1.79. The van der Waals surface area contributed by atoms with Crippen LogP contribution in [0.3, 0.4) is 0 Å². The number of rotatable bonds is 5. The molecular formula is C14H16FN3OS. The van der Waals surface area contributed by atoms with Crippen molar-refractivity contribution in [1.82, 2.24) is 9.88 Å². The predicted molar refractivity (Wildman–Crippen MR) is 77.1 cm³/mol. The zero-order valence-corrected chi connectivity index (χ0v) is 12.0. The third kappa shape index (κ3) is 3.61. The molecule has 0 fully saturated rings. The van der Waals surface area contributed by atoms with Crippen molar-refractivity contribution < 1.29 is 9.18 Å². The summed E-state index contributed by atoms with van der Waals surface area (Å²) in [6, 6.07) is 6.10. The molecule has 1 amide bonds. The molecule has 4 nitrogen and oxygen atoms in total. The Balaban J connectivity index is 2.02. The number of carbonyl (C=O) groups excluding carboxylic acids is 1. The second-order valence-corrected chi connectivity index (χ2v) is 5.40. The normalized spacial score (nSPS) is 10.6. The first-order valence-corrected chi connectivity index (χ1v) is 7.12. The van der Waals surface area contributed by atoms with Crippen LogP contribution in [0, 0.1) is 5.82 Å². The van der Waals surface area contributed by atoms with Gasteiger partial charge in [-0.3, -0.25) is 4.79 Å². The van der Waals surface area contributed by atoms with Gasteiger partial charge in [-0.25, -0.2) is 9.37 Å². The maximum atomic E-state index is 12.8. The number of aromatic nitrogens is 1. The molecule has 2 rings (SSSR count). The summed E-state index contributed by atoms with van der Waals surface area (Å²) in [5, 5.41) is 2.61. The van der Waals surface area contributed by atoms with Gasteiger partial charge in [-0.1, -0.05) is 12.1 Å². The van der Waals surface area contributed by atoms with Crippen molar-refractivity contribution in [1.29, 1.82) is 0 Å². The number of nitrogens with zero attached hydrogens (tertiary/aromatic N) is 2. The Bertz CT molecular complexity index is 582. The van der Waals surface area contributed by atoms with Crippen LogP contribution in [0.2, 0.25) is 0 Å². The van der Waals surface area contributed by atoms with Crippen LogP contribution >= 0.6 is 11.3 Å². The van der Waals surface area contributed by atoms with E-state index >= 15 is 0 Å². The van der Waals surface area contributed by atoms with Crippen LogP contribution in [0.15, 0.2) is 29.6 Å². The molecule has 1 aromatic carbocycles. The lowest BCUT2D eigenvalue weighted by molar-refractivity contribution is 0.0780. The lowest BCUT2D eigenvalue weighted by Crippen LogP contribution is -2.26. The zero-order chi connectivity index (χ0) is 14.5. The number of benzene rings is 1. The van der Waals surface area contributed by atoms with Crippen molar-refractivity contribution in [2.45, 2.75) is 13.0 Å². The summed E-state index contributed by atoms with van der Waals surface area (Å²) < 4.78 is 12.8. The molecule has 0 aliphatic carbocycles. The lowest BCUT2D eigenvalue weighted by atomic mass is 10.2. The fourth-order valence-corrected chi connectivity index (χ4v) is 2.57. The summed E-state index contributed by atoms with van der Waals surface area (Å²) in [4.78, 5) is 18.0. The summed E-state index contributed by atoms with van der Waals surface area (Å²) in [7, 11) is 1.70. The minimum absolute atomic E-state index is 0.145. The summed E-state index contributed by atoms with van der Waals surface area (Å²) in [5.41, 5.74) is 6.77. The van der Waals surface area contributed by atoms with Crippen molar-refractivity contribution >= 4 is 17.2 Å². The number of thiazole rings is 1. The molecule has 0 atom stereocenters. The van der Waals surface area contributed by atoms with E-state index in [0.717, 1.165) is 10.6 Å². The van der Waals surface area contributed by atoms with Gasteiger partial charge in [0.2, 0.25) is 0 Å². The molecule has 0 unspecified atom stereocenters. The maximum Gasteiger partial charge on any atom is 0.273 e. The van der Waals surface area contributed by atoms with Gasteiger partial charge in [-0.05, 0) is 24.2 Å². The molecule has 1 heterocycles. The standard InChI is InChI=1S/C14H16FN3OS/c1-18(8-10-2-4-11(15)5-3-10)14(19)12-9-20-13(17-12)6-7-16/h2-5,9H,6-8,16H2,1H3. The average molecular weight is 293 g/mol. The number of amides is 1. The second kappa shape index (κ2) is 6.58. The van der Waals surface area contributed by atoms with Crippen LogP contribution in [0.1, 0.15) is 21.1 Å². The Morgan fingerprint density at radius 2 is 2.10 bits per heavy atom. The molecule has 106 valence electrons. The molecule has 0 aliphatic rings. The van der Waals surface area contributed by atoms with Crippen LogP contribution < -0.4 is 5.73 Å². The summed E-state index contributed by atoms with van der Waals surface area (Å²) in [5.74, 6) is -0.428. The van der Waals surface area contributed by atoms with Gasteiger partial charge in [0.1, 0.15) is 11.5 Å². The summed E-state index contributed by atoms with van der Waals surface area (Å²) >= 11 is 1.44. The zero-order valence-electron chi connectivity index (χ0n) is 11.2. The summed E-state index contributed by atoms with van der Waals surface area (Å²) in [6.45, 7) is 0.940. The predicted octanol–water partition coefficient (Wildman–Crippen LogP) is 2.06. The molecule has 0 saturated carbocycles. The van der Waals surface area contributed by atoms with Gasteiger partial charge in [-0.15, -0.1) is 11.3 Å². The van der Waals surface area contributed by atoms with Crippen molar-refractivity contribution in [3.05, 3.63) is 51.7 Å². The topological polar surface area (TPSA) is 59.2 Å². The van der Waals surface area contributed by atoms with Crippen molar-refractivity contribution in [3.8, 4) is 0 Å². The van der Waals surface area contributed by atoms with Crippen LogP contribution in [-0.4, -0.2) is 29.4 Å². The van der Waals surface area contributed by atoms with E-state index in [9.17, 15) is 9.18 Å². The number of hydrogen-bond acceptors (Lipinski definition) is 4. The van der Waals surface area contributed by atoms with E-state index < -0.39 is 0 Å². The lowest BCUT2D eigenvalue weighted by Gasteiger charge is -2.15. The van der Waals surface area contributed by atoms with E-state index in [1.807, 2.05) is 0 Å². The van der Waals surface area contributed by atoms with Crippen molar-refractivity contribution in [2.75, 3.05) is 13.6 Å². The number of nitrogens with two attached hydrogens (primary N) is 1. The fourth-order valence-electron chi connectivity index (χ4n) is 1.78. The van der Waals surface area contributed by atoms with Crippen molar-refractivity contribution in [3.63, 3.8) is 0 Å². The fraction of sp³-hybridized carbons (Fsp3) is 0.286. The van der Waals surface area contributed by atoms with E-state index in [2.05, 4.69) is 4.98 Å². The third-order valence-electron chi connectivity index (χ3n) is 2.81. The van der Waals surface area contributed by atoms with Gasteiger partial charge < -0.3 is 10.6 Å². The maximum absolute atomic E-state index is 12.8. The minimum atomic E-state index is -0.284. The van der Waals surface area contributed by atoms with Gasteiger partial charge in [0, 0.05) is 25.4 Å². The van der Waals surface area contributed by atoms with E-state index in [4.69, 9.17) is 5.73 Å². The third-order valence-corrected chi connectivity index (χ3v) is 3.72. The van der Waals surface area contributed by atoms with Crippen LogP contribution in [-0.2, 0) is 13.0 Å². The number of halogens is 1. The molecular weight excluding hydrogens is 277 g/mol. The monoisotopic (exact) mass is 293 g/mol. The van der Waals surface area contributed by atoms with E-state index in [-0.39, 0.29) is 11.7 Å². The largest absolute Gasteiger partial charge is 0.336 e. The van der Waals surface area contributed by atoms with E-state index in [0.29, 0.717) is 25.2 Å². The Morgan fingerprint density at radius 1 is 1.40 bits per heavy atom. The first-order chi connectivity index (χ1) is 9.60. The van der Waals surface area contributed by atoms with Crippen LogP contribution in [0.5, 0.6) is 0 Å². The highest BCUT2D eigenvalue weighted by molar-refractivity contribution is 7.09. The molecule has 6 heteroatoms. The minimum Gasteiger partial charge on any atom is -0.336 e. The number of carbonyl (C=O) groups is 1. The smallest absolute Gasteiger partial charge is 0.273 e. The molecule has 0 saturated heterocycles. The highest BCUT2D eigenvalue weighted by Crippen LogP contribution is 2.13. The average Bonchev–Trinajstić information content (AvgIpc) is 2.89. The van der Waals surface area contributed by atoms with Gasteiger partial charge >= 0.3 is 0 Å². The van der Waals surface area contributed by atoms with Gasteiger partial charge in [0.15, 0.2) is 0 Å². The van der Waals surface area contributed by atoms with Crippen LogP contribution in [0.25, 0.3) is 0 Å². The molecule has 0 aliphatic heterocycles. The quantitative estimate of drug-likeness (QED) is 0.918. The number of hydrogen-bond donors (Lipinski definition) is 1. The Labute approximate surface area is 121 Å². The molecule has 2 N–H and O–H groups in total. The van der Waals surface area contributed by atoms with Gasteiger partial charge in [0.05, 0.1) is 5.01 Å². The van der Waals surface area contributed by atoms with Gasteiger partial charge in [-0.2, -0.15) is 0 Å². The molecule has 0 radical (unpaired) electrons. The molecule has 20 heavy (non-hydrogen) atoms. The van der Waals surface area contributed by atoms with Crippen molar-refractivity contribution in [2.24, 2.45) is 5.73 Å². The Morgan fingerprint density at radius 3 is 2.75 bits per heavy atom. The van der Waals surface area contributed by atoms with Gasteiger partial charge in [0.25, 0.3) is 5.91 Å². The summed E-state index contributed by atoms with van der Waals surface area (Å²) in [6.07, 6.45) is 0.680. The SMILES string of the molecule is CN(Cc1ccc(F)cc1)C(=O)c1csc(CCN)n1. The molecule has 0 spiro atoms. The first-order valence-electron chi connectivity index (χ1n) is 6.24. The highest BCUT2D eigenvalue weighted by atomic mass is 32.1. The van der Waals surface area contributed by atoms with E-state index in [1.54, 1.807) is 29.5 Å². The molecule has 2 aromatic rings. The van der Waals surface area contributed by atoms with E-state index in [1.165, 1.54) is 23.5 Å². The molecule has 1 aromatic heterocycles.